The Kier molecular flexibility index (Phi) is 7.78. The van der Waals surface area contributed by atoms with Gasteiger partial charge in [0.15, 0.2) is 11.6 Å². The number of benzene rings is 3. The molecular formula is C26H20ClN8O4S+. The first kappa shape index (κ1) is 26.5. The van der Waals surface area contributed by atoms with E-state index in [2.05, 4.69) is 30.5 Å². The molecule has 0 saturated heterocycles. The lowest BCUT2D eigenvalue weighted by molar-refractivity contribution is 0.0992. The first-order chi connectivity index (χ1) is 19.4. The zero-order valence-corrected chi connectivity index (χ0v) is 22.4. The number of ether oxygens (including phenoxy) is 1. The van der Waals surface area contributed by atoms with Crippen molar-refractivity contribution in [3.8, 4) is 5.75 Å². The SMILES string of the molecule is COc1ccc(Cl)c(Nc2nc3ccccc3nc2N(c2cccc(C(=O)N=[N+]=Nn3cccc3)c2)[SH](=O)=O)c1. The Bertz CT molecular complexity index is 1850. The number of carbonyl (C=O) groups excluding carboxylic acids is 1. The Hall–Kier alpha value is -5.10. The molecule has 0 atom stereocenters. The van der Waals surface area contributed by atoms with Crippen molar-refractivity contribution in [1.29, 1.82) is 0 Å². The predicted molar refractivity (Wildman–Crippen MR) is 151 cm³/mol. The van der Waals surface area contributed by atoms with Gasteiger partial charge in [-0.2, -0.15) is 0 Å². The fourth-order valence-electron chi connectivity index (χ4n) is 3.69. The molecule has 200 valence electrons. The monoisotopic (exact) mass is 575 g/mol. The number of carbonyl (C=O) groups is 1. The van der Waals surface area contributed by atoms with Crippen LogP contribution in [0, 0.1) is 0 Å². The first-order valence-corrected chi connectivity index (χ1v) is 13.1. The molecule has 12 nitrogen and oxygen atoms in total. The zero-order chi connectivity index (χ0) is 28.1. The number of para-hydroxylation sites is 2. The molecule has 5 aromatic rings. The third-order valence-electron chi connectivity index (χ3n) is 5.55. The number of methoxy groups -OCH3 is 1. The molecule has 40 heavy (non-hydrogen) atoms. The number of anilines is 4. The third-order valence-corrected chi connectivity index (χ3v) is 6.62. The zero-order valence-electron chi connectivity index (χ0n) is 20.7. The highest BCUT2D eigenvalue weighted by atomic mass is 35.5. The van der Waals surface area contributed by atoms with Gasteiger partial charge < -0.3 is 10.1 Å². The summed E-state index contributed by atoms with van der Waals surface area (Å²) in [5.74, 6) is -0.125. The molecule has 0 bridgehead atoms. The fourth-order valence-corrected chi connectivity index (χ4v) is 4.46. The summed E-state index contributed by atoms with van der Waals surface area (Å²) >= 11 is 6.40. The van der Waals surface area contributed by atoms with Crippen molar-refractivity contribution >= 4 is 62.4 Å². The van der Waals surface area contributed by atoms with Crippen LogP contribution >= 0.6 is 11.6 Å². The Morgan fingerprint density at radius 1 is 1.00 bits per heavy atom. The van der Waals surface area contributed by atoms with E-state index < -0.39 is 16.8 Å². The standard InChI is InChI=1S/C26H19ClN8O4S/c1-39-19-11-12-20(27)23(16-19)29-24-25(30-22-10-3-2-9-21(22)28-24)35(40(37)38)18-8-6-7-17(15-18)26(36)31-32-33-34-13-4-5-14-34/h2-16,40H,1H3/p+1. The van der Waals surface area contributed by atoms with E-state index in [1.807, 2.05) is 0 Å². The van der Waals surface area contributed by atoms with E-state index in [4.69, 9.17) is 16.3 Å². The van der Waals surface area contributed by atoms with Crippen LogP contribution in [-0.4, -0.2) is 36.1 Å². The van der Waals surface area contributed by atoms with Gasteiger partial charge in [-0.05, 0) is 54.6 Å². The number of halogens is 1. The van der Waals surface area contributed by atoms with Gasteiger partial charge in [0.25, 0.3) is 0 Å². The van der Waals surface area contributed by atoms with Gasteiger partial charge in [-0.15, -0.1) is 0 Å². The molecule has 3 aromatic carbocycles. The summed E-state index contributed by atoms with van der Waals surface area (Å²) in [5.41, 5.74) is 1.61. The number of fused-ring (bicyclic) bond motifs is 1. The second-order valence-corrected chi connectivity index (χ2v) is 9.39. The number of thiol groups is 1. The van der Waals surface area contributed by atoms with Crippen LogP contribution in [0.1, 0.15) is 10.4 Å². The van der Waals surface area contributed by atoms with Gasteiger partial charge >= 0.3 is 5.91 Å². The highest BCUT2D eigenvalue weighted by Crippen LogP contribution is 2.36. The van der Waals surface area contributed by atoms with E-state index >= 15 is 0 Å². The lowest BCUT2D eigenvalue weighted by Crippen LogP contribution is -2.19. The molecule has 0 radical (unpaired) electrons. The molecule has 5 rings (SSSR count). The van der Waals surface area contributed by atoms with Crippen LogP contribution in [0.25, 0.3) is 11.0 Å². The van der Waals surface area contributed by atoms with Gasteiger partial charge in [-0.1, -0.05) is 34.5 Å². The van der Waals surface area contributed by atoms with E-state index in [1.165, 1.54) is 36.1 Å². The Morgan fingerprint density at radius 2 is 1.75 bits per heavy atom. The van der Waals surface area contributed by atoms with Crippen LogP contribution in [0.5, 0.6) is 5.75 Å². The Balaban J connectivity index is 1.58. The summed E-state index contributed by atoms with van der Waals surface area (Å²) in [6.45, 7) is 0. The molecule has 0 aliphatic carbocycles. The summed E-state index contributed by atoms with van der Waals surface area (Å²) < 4.78 is 32.9. The number of hydrogen-bond donors (Lipinski definition) is 2. The third kappa shape index (κ3) is 5.81. The molecule has 0 aliphatic heterocycles. The van der Waals surface area contributed by atoms with Crippen molar-refractivity contribution in [3.05, 3.63) is 102 Å². The Labute approximate surface area is 234 Å². The number of rotatable bonds is 8. The minimum absolute atomic E-state index is 0.0393. The van der Waals surface area contributed by atoms with Gasteiger partial charge in [-0.25, -0.2) is 22.7 Å². The molecular weight excluding hydrogens is 556 g/mol. The van der Waals surface area contributed by atoms with Crippen molar-refractivity contribution in [3.63, 3.8) is 0 Å². The van der Waals surface area contributed by atoms with Crippen LogP contribution < -0.4 is 19.3 Å². The number of hydrogen-bond acceptors (Lipinski definition) is 8. The van der Waals surface area contributed by atoms with Gasteiger partial charge in [0.2, 0.25) is 16.1 Å². The van der Waals surface area contributed by atoms with E-state index in [9.17, 15) is 13.2 Å². The van der Waals surface area contributed by atoms with Gasteiger partial charge in [0.1, 0.15) is 18.1 Å². The molecule has 1 N–H and O–H groups in total. The summed E-state index contributed by atoms with van der Waals surface area (Å²) in [4.78, 5) is 25.4. The summed E-state index contributed by atoms with van der Waals surface area (Å²) in [5, 5.41) is 10.8. The Morgan fingerprint density at radius 3 is 2.48 bits per heavy atom. The van der Waals surface area contributed by atoms with Gasteiger partial charge in [0, 0.05) is 11.6 Å². The van der Waals surface area contributed by atoms with Crippen molar-refractivity contribution < 1.29 is 17.9 Å². The van der Waals surface area contributed by atoms with E-state index in [1.54, 1.807) is 67.0 Å². The van der Waals surface area contributed by atoms with Crippen molar-refractivity contribution in [2.45, 2.75) is 0 Å². The molecule has 0 aliphatic rings. The molecule has 0 fully saturated rings. The maximum Gasteiger partial charge on any atom is 0.335 e. The van der Waals surface area contributed by atoms with Gasteiger partial charge in [0.05, 0.1) is 44.6 Å². The average Bonchev–Trinajstić information content (AvgIpc) is 3.48. The molecule has 1 amide bonds. The van der Waals surface area contributed by atoms with E-state index in [0.717, 1.165) is 4.31 Å². The predicted octanol–water partition coefficient (Wildman–Crippen LogP) is 5.08. The van der Waals surface area contributed by atoms with E-state index in [-0.39, 0.29) is 22.9 Å². The number of nitrogens with one attached hydrogen (secondary N) is 1. The van der Waals surface area contributed by atoms with Crippen LogP contribution in [0.4, 0.5) is 23.0 Å². The maximum atomic E-state index is 12.7. The van der Waals surface area contributed by atoms with Crippen LogP contribution in [0.2, 0.25) is 5.02 Å². The smallest absolute Gasteiger partial charge is 0.335 e. The normalized spacial score (nSPS) is 10.7. The molecule has 2 aromatic heterocycles. The largest absolute Gasteiger partial charge is 0.497 e. The summed E-state index contributed by atoms with van der Waals surface area (Å²) in [6.07, 6.45) is 3.25. The number of amides is 1. The second-order valence-electron chi connectivity index (χ2n) is 8.10. The number of aromatic nitrogens is 3. The van der Waals surface area contributed by atoms with Crippen molar-refractivity contribution in [1.82, 2.24) is 19.6 Å². The minimum Gasteiger partial charge on any atom is -0.497 e. The van der Waals surface area contributed by atoms with Crippen LogP contribution in [0.15, 0.2) is 102 Å². The fraction of sp³-hybridized carbons (Fsp3) is 0.0385. The summed E-state index contributed by atoms with van der Waals surface area (Å²) in [6, 6.07) is 21.3. The van der Waals surface area contributed by atoms with Crippen molar-refractivity contribution in [2.24, 2.45) is 10.3 Å². The topological polar surface area (TPSA) is 145 Å². The highest BCUT2D eigenvalue weighted by Gasteiger charge is 2.22. The molecule has 0 spiro atoms. The average molecular weight is 576 g/mol. The molecule has 0 unspecified atom stereocenters. The quantitative estimate of drug-likeness (QED) is 0.149. The molecule has 2 heterocycles. The maximum absolute atomic E-state index is 12.7. The molecule has 0 saturated carbocycles. The van der Waals surface area contributed by atoms with E-state index in [0.29, 0.717) is 27.5 Å². The second kappa shape index (κ2) is 11.7. The molecule has 14 heteroatoms. The minimum atomic E-state index is -3.30. The number of nitrogens with zero attached hydrogens (tertiary/aromatic N) is 7. The lowest BCUT2D eigenvalue weighted by atomic mass is 10.2. The first-order valence-electron chi connectivity index (χ1n) is 11.6. The van der Waals surface area contributed by atoms with Crippen LogP contribution in [0.3, 0.4) is 0 Å². The highest BCUT2D eigenvalue weighted by molar-refractivity contribution is 7.74. The van der Waals surface area contributed by atoms with Crippen molar-refractivity contribution in [2.75, 3.05) is 16.7 Å². The lowest BCUT2D eigenvalue weighted by Gasteiger charge is -2.21. The van der Waals surface area contributed by atoms with Gasteiger partial charge in [-0.3, -0.25) is 4.79 Å². The van der Waals surface area contributed by atoms with Crippen LogP contribution in [-0.2, 0) is 10.9 Å². The summed E-state index contributed by atoms with van der Waals surface area (Å²) in [7, 11) is -1.79.